The Morgan fingerprint density at radius 3 is 2.68 bits per heavy atom. The van der Waals surface area contributed by atoms with Gasteiger partial charge in [0.15, 0.2) is 0 Å². The number of hydrogen-bond donors (Lipinski definition) is 1. The molecule has 0 saturated heterocycles. The Morgan fingerprint density at radius 2 is 1.88 bits per heavy atom. The van der Waals surface area contributed by atoms with Gasteiger partial charge in [-0.3, -0.25) is 9.78 Å². The van der Waals surface area contributed by atoms with Crippen molar-refractivity contribution in [2.45, 2.75) is 24.6 Å². The van der Waals surface area contributed by atoms with Crippen molar-refractivity contribution in [3.63, 3.8) is 0 Å². The van der Waals surface area contributed by atoms with Gasteiger partial charge >= 0.3 is 0 Å². The van der Waals surface area contributed by atoms with Gasteiger partial charge in [0.2, 0.25) is 0 Å². The van der Waals surface area contributed by atoms with E-state index in [1.165, 1.54) is 0 Å². The number of anilines is 1. The second-order valence-electron chi connectivity index (χ2n) is 5.77. The first-order valence-corrected chi connectivity index (χ1v) is 8.97. The molecule has 0 saturated carbocycles. The lowest BCUT2D eigenvalue weighted by Crippen LogP contribution is -2.14. The summed E-state index contributed by atoms with van der Waals surface area (Å²) in [6.07, 6.45) is 5.24. The van der Waals surface area contributed by atoms with Crippen LogP contribution in [0.1, 0.15) is 27.0 Å². The molecule has 0 aliphatic heterocycles. The molecule has 2 aromatic heterocycles. The molecule has 0 aliphatic carbocycles. The number of amides is 1. The number of carbonyl (C=O) groups is 1. The number of thioether (sulfide) groups is 1. The topological polar surface area (TPSA) is 54.9 Å². The number of hydrogen-bond acceptors (Lipinski definition) is 4. The molecular weight excluding hydrogens is 330 g/mol. The molecule has 25 heavy (non-hydrogen) atoms. The highest BCUT2D eigenvalue weighted by atomic mass is 32.2. The summed E-state index contributed by atoms with van der Waals surface area (Å²) >= 11 is 1.55. The average Bonchev–Trinajstić information content (AvgIpc) is 2.64. The van der Waals surface area contributed by atoms with Gasteiger partial charge < -0.3 is 5.32 Å². The predicted molar refractivity (Wildman–Crippen MR) is 102 cm³/mol. The fraction of sp³-hybridized carbons (Fsp3) is 0.150. The number of rotatable bonds is 5. The van der Waals surface area contributed by atoms with Crippen LogP contribution >= 0.6 is 11.8 Å². The van der Waals surface area contributed by atoms with Crippen LogP contribution in [0.4, 0.5) is 5.69 Å². The molecular formula is C20H19N3OS. The molecule has 3 aromatic rings. The maximum Gasteiger partial charge on any atom is 0.258 e. The number of benzene rings is 1. The summed E-state index contributed by atoms with van der Waals surface area (Å²) in [4.78, 5) is 21.1. The third-order valence-electron chi connectivity index (χ3n) is 3.78. The van der Waals surface area contributed by atoms with Crippen LogP contribution in [-0.4, -0.2) is 15.9 Å². The van der Waals surface area contributed by atoms with Crippen LogP contribution in [0, 0.1) is 13.8 Å². The number of carbonyl (C=O) groups excluding carboxylic acids is 1. The van der Waals surface area contributed by atoms with Crippen molar-refractivity contribution in [1.29, 1.82) is 0 Å². The van der Waals surface area contributed by atoms with Gasteiger partial charge in [-0.2, -0.15) is 0 Å². The third kappa shape index (κ3) is 4.45. The van der Waals surface area contributed by atoms with E-state index < -0.39 is 0 Å². The van der Waals surface area contributed by atoms with Crippen LogP contribution in [0.25, 0.3) is 0 Å². The van der Waals surface area contributed by atoms with Crippen molar-refractivity contribution in [2.24, 2.45) is 0 Å². The first kappa shape index (κ1) is 17.2. The highest BCUT2D eigenvalue weighted by Gasteiger charge is 2.14. The predicted octanol–water partition coefficient (Wildman–Crippen LogP) is 4.64. The minimum atomic E-state index is -0.140. The normalized spacial score (nSPS) is 10.5. The molecule has 4 nitrogen and oxygen atoms in total. The van der Waals surface area contributed by atoms with E-state index in [0.717, 1.165) is 33.2 Å². The average molecular weight is 349 g/mol. The molecule has 1 amide bonds. The van der Waals surface area contributed by atoms with Crippen molar-refractivity contribution in [2.75, 3.05) is 5.32 Å². The van der Waals surface area contributed by atoms with Crippen molar-refractivity contribution in [3.05, 3.63) is 83.3 Å². The highest BCUT2D eigenvalue weighted by molar-refractivity contribution is 7.98. The first-order chi connectivity index (χ1) is 12.1. The van der Waals surface area contributed by atoms with E-state index in [-0.39, 0.29) is 5.91 Å². The molecule has 0 fully saturated rings. The van der Waals surface area contributed by atoms with Crippen molar-refractivity contribution in [3.8, 4) is 0 Å². The molecule has 1 aromatic carbocycles. The Bertz CT molecular complexity index is 881. The van der Waals surface area contributed by atoms with E-state index >= 15 is 0 Å². The second kappa shape index (κ2) is 7.94. The quantitative estimate of drug-likeness (QED) is 0.682. The van der Waals surface area contributed by atoms with Crippen LogP contribution < -0.4 is 5.32 Å². The Morgan fingerprint density at radius 1 is 1.08 bits per heavy atom. The summed E-state index contributed by atoms with van der Waals surface area (Å²) in [6, 6.07) is 13.5. The zero-order chi connectivity index (χ0) is 17.6. The van der Waals surface area contributed by atoms with Gasteiger partial charge in [0, 0.05) is 30.0 Å². The number of aromatic nitrogens is 2. The summed E-state index contributed by atoms with van der Waals surface area (Å²) in [5, 5.41) is 3.73. The Labute approximate surface area is 151 Å². The van der Waals surface area contributed by atoms with Gasteiger partial charge in [-0.15, -0.1) is 11.8 Å². The zero-order valence-electron chi connectivity index (χ0n) is 14.2. The molecule has 0 bridgehead atoms. The SMILES string of the molecule is Cc1ccc(C)c(NC(=O)c2cccnc2SCc2ccncc2)c1. The van der Waals surface area contributed by atoms with E-state index in [2.05, 4.69) is 15.3 Å². The molecule has 3 rings (SSSR count). The van der Waals surface area contributed by atoms with Gasteiger partial charge in [0.1, 0.15) is 5.03 Å². The van der Waals surface area contributed by atoms with E-state index in [1.54, 1.807) is 36.4 Å². The summed E-state index contributed by atoms with van der Waals surface area (Å²) in [5.74, 6) is 0.600. The molecule has 0 atom stereocenters. The standard InChI is InChI=1S/C20H19N3OS/c1-14-5-6-15(2)18(12-14)23-19(24)17-4-3-9-22-20(17)25-13-16-7-10-21-11-8-16/h3-12H,13H2,1-2H3,(H,23,24). The van der Waals surface area contributed by atoms with Gasteiger partial charge in [0.25, 0.3) is 5.91 Å². The minimum Gasteiger partial charge on any atom is -0.322 e. The molecule has 1 N–H and O–H groups in total. The van der Waals surface area contributed by atoms with Gasteiger partial charge in [-0.1, -0.05) is 12.1 Å². The van der Waals surface area contributed by atoms with Gasteiger partial charge in [-0.05, 0) is 60.9 Å². The Balaban J connectivity index is 1.77. The van der Waals surface area contributed by atoms with E-state index in [4.69, 9.17) is 0 Å². The molecule has 0 unspecified atom stereocenters. The van der Waals surface area contributed by atoms with Crippen LogP contribution in [-0.2, 0) is 5.75 Å². The smallest absolute Gasteiger partial charge is 0.258 e. The van der Waals surface area contributed by atoms with Crippen LogP contribution in [0.3, 0.4) is 0 Å². The van der Waals surface area contributed by atoms with Crippen molar-refractivity contribution < 1.29 is 4.79 Å². The Kier molecular flexibility index (Phi) is 5.46. The number of aryl methyl sites for hydroxylation is 2. The van der Waals surface area contributed by atoms with Crippen LogP contribution in [0.5, 0.6) is 0 Å². The molecule has 0 spiro atoms. The summed E-state index contributed by atoms with van der Waals surface area (Å²) < 4.78 is 0. The lowest BCUT2D eigenvalue weighted by Gasteiger charge is -2.11. The fourth-order valence-corrected chi connectivity index (χ4v) is 3.32. The van der Waals surface area contributed by atoms with Gasteiger partial charge in [0.05, 0.1) is 5.56 Å². The maximum absolute atomic E-state index is 12.7. The molecule has 0 aliphatic rings. The third-order valence-corrected chi connectivity index (χ3v) is 4.86. The molecule has 2 heterocycles. The maximum atomic E-state index is 12.7. The second-order valence-corrected chi connectivity index (χ2v) is 6.74. The largest absolute Gasteiger partial charge is 0.322 e. The number of nitrogens with one attached hydrogen (secondary N) is 1. The number of pyridine rings is 2. The lowest BCUT2D eigenvalue weighted by molar-refractivity contribution is 0.102. The van der Waals surface area contributed by atoms with Crippen LogP contribution in [0.15, 0.2) is 66.1 Å². The lowest BCUT2D eigenvalue weighted by atomic mass is 10.1. The summed E-state index contributed by atoms with van der Waals surface area (Å²) in [5.41, 5.74) is 4.71. The molecule has 5 heteroatoms. The van der Waals surface area contributed by atoms with Crippen LogP contribution in [0.2, 0.25) is 0 Å². The Hall–Kier alpha value is -2.66. The number of nitrogens with zero attached hydrogens (tertiary/aromatic N) is 2. The van der Waals surface area contributed by atoms with Gasteiger partial charge in [-0.25, -0.2) is 4.98 Å². The molecule has 0 radical (unpaired) electrons. The minimum absolute atomic E-state index is 0.140. The van der Waals surface area contributed by atoms with E-state index in [1.807, 2.05) is 50.2 Å². The summed E-state index contributed by atoms with van der Waals surface area (Å²) in [7, 11) is 0. The monoisotopic (exact) mass is 349 g/mol. The van der Waals surface area contributed by atoms with Crippen molar-refractivity contribution in [1.82, 2.24) is 9.97 Å². The zero-order valence-corrected chi connectivity index (χ0v) is 15.0. The molecule has 126 valence electrons. The fourth-order valence-electron chi connectivity index (χ4n) is 2.37. The highest BCUT2D eigenvalue weighted by Crippen LogP contribution is 2.25. The van der Waals surface area contributed by atoms with E-state index in [0.29, 0.717) is 5.56 Å². The summed E-state index contributed by atoms with van der Waals surface area (Å²) in [6.45, 7) is 3.99. The van der Waals surface area contributed by atoms with E-state index in [9.17, 15) is 4.79 Å². The van der Waals surface area contributed by atoms with Crippen molar-refractivity contribution >= 4 is 23.4 Å². The first-order valence-electron chi connectivity index (χ1n) is 7.99.